The standard InChI is InChI=1S/C16H21ClN4O3/c1-23-14-7-10(4-5-13(14)17)21-15(18)12(16(19)22)8-20-11-3-2-6-24-9-11/h4-5,7-8,11,20H,2-3,6,9H2,1H3,(H2,18,21)(H2,19,22)/b12-8+. The van der Waals surface area contributed by atoms with Gasteiger partial charge in [-0.15, -0.1) is 0 Å². The second kappa shape index (κ2) is 8.56. The van der Waals surface area contributed by atoms with E-state index in [1.165, 1.54) is 13.3 Å². The molecule has 1 amide bonds. The van der Waals surface area contributed by atoms with Crippen LogP contribution in [0.5, 0.6) is 5.75 Å². The first-order valence-electron chi connectivity index (χ1n) is 7.53. The van der Waals surface area contributed by atoms with Gasteiger partial charge in [-0.2, -0.15) is 0 Å². The van der Waals surface area contributed by atoms with Crippen LogP contribution in [0.4, 0.5) is 5.69 Å². The predicted molar refractivity (Wildman–Crippen MR) is 93.5 cm³/mol. The Bertz CT molecular complexity index is 655. The predicted octanol–water partition coefficient (Wildman–Crippen LogP) is 1.48. The quantitative estimate of drug-likeness (QED) is 0.408. The number of nitrogens with zero attached hydrogens (tertiary/aromatic N) is 1. The maximum atomic E-state index is 11.7. The average Bonchev–Trinajstić information content (AvgIpc) is 2.57. The molecule has 5 N–H and O–H groups in total. The van der Waals surface area contributed by atoms with Crippen LogP contribution in [0.2, 0.25) is 5.02 Å². The molecule has 0 aliphatic carbocycles. The molecular weight excluding hydrogens is 332 g/mol. The van der Waals surface area contributed by atoms with Gasteiger partial charge in [0.25, 0.3) is 5.91 Å². The van der Waals surface area contributed by atoms with E-state index >= 15 is 0 Å². The molecule has 0 radical (unpaired) electrons. The minimum absolute atomic E-state index is 0.0103. The summed E-state index contributed by atoms with van der Waals surface area (Å²) in [5.41, 5.74) is 11.9. The SMILES string of the molecule is COc1cc(N=C(N)/C(=C\NC2CCCOC2)C(N)=O)ccc1Cl. The first-order valence-corrected chi connectivity index (χ1v) is 7.91. The van der Waals surface area contributed by atoms with E-state index in [1.807, 2.05) is 0 Å². The number of amides is 1. The molecule has 1 aromatic rings. The summed E-state index contributed by atoms with van der Waals surface area (Å²) < 4.78 is 10.5. The Kier molecular flexibility index (Phi) is 6.45. The normalized spacial score (nSPS) is 19.0. The molecule has 1 aromatic carbocycles. The van der Waals surface area contributed by atoms with Gasteiger partial charge >= 0.3 is 0 Å². The highest BCUT2D eigenvalue weighted by molar-refractivity contribution is 6.32. The van der Waals surface area contributed by atoms with E-state index < -0.39 is 5.91 Å². The highest BCUT2D eigenvalue weighted by atomic mass is 35.5. The van der Waals surface area contributed by atoms with Crippen molar-refractivity contribution in [3.8, 4) is 5.75 Å². The number of halogens is 1. The zero-order chi connectivity index (χ0) is 17.5. The monoisotopic (exact) mass is 352 g/mol. The number of hydrogen-bond acceptors (Lipinski definition) is 5. The van der Waals surface area contributed by atoms with Gasteiger partial charge in [-0.25, -0.2) is 4.99 Å². The van der Waals surface area contributed by atoms with Crippen molar-refractivity contribution in [2.75, 3.05) is 20.3 Å². The van der Waals surface area contributed by atoms with Crippen LogP contribution in [-0.2, 0) is 9.53 Å². The Morgan fingerprint density at radius 3 is 2.92 bits per heavy atom. The summed E-state index contributed by atoms with van der Waals surface area (Å²) in [6.07, 6.45) is 3.41. The zero-order valence-corrected chi connectivity index (χ0v) is 14.2. The molecule has 0 bridgehead atoms. The number of rotatable bonds is 6. The molecule has 1 atom stereocenters. The molecule has 2 rings (SSSR count). The highest BCUT2D eigenvalue weighted by Gasteiger charge is 2.15. The van der Waals surface area contributed by atoms with Crippen molar-refractivity contribution in [1.29, 1.82) is 0 Å². The number of hydrogen-bond donors (Lipinski definition) is 3. The van der Waals surface area contributed by atoms with Crippen molar-refractivity contribution < 1.29 is 14.3 Å². The lowest BCUT2D eigenvalue weighted by Crippen LogP contribution is -2.36. The summed E-state index contributed by atoms with van der Waals surface area (Å²) in [5, 5.41) is 3.56. The minimum Gasteiger partial charge on any atom is -0.495 e. The van der Waals surface area contributed by atoms with Crippen LogP contribution in [0.15, 0.2) is 35.0 Å². The molecule has 8 heteroatoms. The van der Waals surface area contributed by atoms with E-state index in [0.29, 0.717) is 23.1 Å². The average molecular weight is 353 g/mol. The van der Waals surface area contributed by atoms with E-state index in [0.717, 1.165) is 19.4 Å². The first-order chi connectivity index (χ1) is 11.5. The van der Waals surface area contributed by atoms with Gasteiger partial charge in [-0.05, 0) is 25.0 Å². The van der Waals surface area contributed by atoms with E-state index in [9.17, 15) is 4.79 Å². The van der Waals surface area contributed by atoms with Crippen molar-refractivity contribution in [1.82, 2.24) is 5.32 Å². The van der Waals surface area contributed by atoms with Crippen LogP contribution < -0.4 is 21.5 Å². The van der Waals surface area contributed by atoms with E-state index in [1.54, 1.807) is 18.2 Å². The molecular formula is C16H21ClN4O3. The fourth-order valence-corrected chi connectivity index (χ4v) is 2.46. The van der Waals surface area contributed by atoms with Crippen LogP contribution in [-0.4, -0.2) is 38.1 Å². The molecule has 0 spiro atoms. The Morgan fingerprint density at radius 2 is 2.29 bits per heavy atom. The first kappa shape index (κ1) is 18.1. The number of nitrogens with one attached hydrogen (secondary N) is 1. The summed E-state index contributed by atoms with van der Waals surface area (Å²) in [6, 6.07) is 5.05. The van der Waals surface area contributed by atoms with Gasteiger partial charge in [-0.1, -0.05) is 11.6 Å². The molecule has 0 aromatic heterocycles. The van der Waals surface area contributed by atoms with Gasteiger partial charge in [0.15, 0.2) is 0 Å². The summed E-state index contributed by atoms with van der Waals surface area (Å²) in [6.45, 7) is 1.33. The Morgan fingerprint density at radius 1 is 1.50 bits per heavy atom. The van der Waals surface area contributed by atoms with Crippen molar-refractivity contribution in [2.24, 2.45) is 16.5 Å². The number of carbonyl (C=O) groups is 1. The van der Waals surface area contributed by atoms with Crippen LogP contribution in [0.1, 0.15) is 12.8 Å². The van der Waals surface area contributed by atoms with E-state index in [-0.39, 0.29) is 17.5 Å². The molecule has 1 aliphatic heterocycles. The lowest BCUT2D eigenvalue weighted by atomic mass is 10.1. The largest absolute Gasteiger partial charge is 0.495 e. The number of benzene rings is 1. The number of primary amides is 1. The van der Waals surface area contributed by atoms with Gasteiger partial charge in [0.2, 0.25) is 0 Å². The molecule has 1 aliphatic rings. The zero-order valence-electron chi connectivity index (χ0n) is 13.4. The van der Waals surface area contributed by atoms with Gasteiger partial charge in [0, 0.05) is 24.9 Å². The molecule has 7 nitrogen and oxygen atoms in total. The third kappa shape index (κ3) is 4.87. The number of nitrogens with two attached hydrogens (primary N) is 2. The van der Waals surface area contributed by atoms with Gasteiger partial charge in [-0.3, -0.25) is 4.79 Å². The second-order valence-corrected chi connectivity index (χ2v) is 5.73. The molecule has 0 saturated carbocycles. The lowest BCUT2D eigenvalue weighted by molar-refractivity contribution is -0.114. The van der Waals surface area contributed by atoms with E-state index in [2.05, 4.69) is 10.3 Å². The Balaban J connectivity index is 2.18. The summed E-state index contributed by atoms with van der Waals surface area (Å²) in [7, 11) is 1.50. The van der Waals surface area contributed by atoms with Gasteiger partial charge in [0.05, 0.1) is 30.0 Å². The van der Waals surface area contributed by atoms with E-state index in [4.69, 9.17) is 32.5 Å². The Hall–Kier alpha value is -2.25. The van der Waals surface area contributed by atoms with Crippen LogP contribution in [0.25, 0.3) is 0 Å². The third-order valence-electron chi connectivity index (χ3n) is 3.55. The lowest BCUT2D eigenvalue weighted by Gasteiger charge is -2.22. The second-order valence-electron chi connectivity index (χ2n) is 5.32. The van der Waals surface area contributed by atoms with Gasteiger partial charge < -0.3 is 26.3 Å². The van der Waals surface area contributed by atoms with Crippen LogP contribution >= 0.6 is 11.6 Å². The number of ether oxygens (including phenoxy) is 2. The summed E-state index contributed by atoms with van der Waals surface area (Å²) in [5.74, 6) is -0.190. The number of carbonyl (C=O) groups excluding carboxylic acids is 1. The Labute approximate surface area is 145 Å². The highest BCUT2D eigenvalue weighted by Crippen LogP contribution is 2.28. The maximum Gasteiger partial charge on any atom is 0.253 e. The van der Waals surface area contributed by atoms with Crippen molar-refractivity contribution in [3.63, 3.8) is 0 Å². The fourth-order valence-electron chi connectivity index (χ4n) is 2.26. The smallest absolute Gasteiger partial charge is 0.253 e. The number of amidine groups is 1. The van der Waals surface area contributed by atoms with Crippen molar-refractivity contribution in [2.45, 2.75) is 18.9 Å². The van der Waals surface area contributed by atoms with Crippen LogP contribution in [0.3, 0.4) is 0 Å². The molecule has 1 saturated heterocycles. The maximum absolute atomic E-state index is 11.7. The van der Waals surface area contributed by atoms with Crippen molar-refractivity contribution >= 4 is 29.0 Å². The van der Waals surface area contributed by atoms with Crippen molar-refractivity contribution in [3.05, 3.63) is 35.0 Å². The van der Waals surface area contributed by atoms with Gasteiger partial charge in [0.1, 0.15) is 11.6 Å². The number of methoxy groups -OCH3 is 1. The van der Waals surface area contributed by atoms with Crippen LogP contribution in [0, 0.1) is 0 Å². The number of aliphatic imine (C=N–C) groups is 1. The minimum atomic E-state index is -0.665. The fraction of sp³-hybridized carbons (Fsp3) is 0.375. The molecule has 1 heterocycles. The topological polar surface area (TPSA) is 112 Å². The summed E-state index contributed by atoms with van der Waals surface area (Å²) >= 11 is 5.97. The molecule has 1 unspecified atom stereocenters. The third-order valence-corrected chi connectivity index (χ3v) is 3.86. The molecule has 24 heavy (non-hydrogen) atoms. The molecule has 130 valence electrons. The molecule has 1 fully saturated rings. The summed E-state index contributed by atoms with van der Waals surface area (Å²) in [4.78, 5) is 15.9.